The van der Waals surface area contributed by atoms with Gasteiger partial charge in [0.1, 0.15) is 5.58 Å². The summed E-state index contributed by atoms with van der Waals surface area (Å²) in [5.74, 6) is -0.821. The lowest BCUT2D eigenvalue weighted by Gasteiger charge is -2.32. The predicted molar refractivity (Wildman–Crippen MR) is 126 cm³/mol. The number of hydrogen-bond acceptors (Lipinski definition) is 5. The van der Waals surface area contributed by atoms with Crippen LogP contribution in [0.1, 0.15) is 60.1 Å². The summed E-state index contributed by atoms with van der Waals surface area (Å²) in [6.45, 7) is 3.06. The van der Waals surface area contributed by atoms with Crippen molar-refractivity contribution in [3.8, 4) is 0 Å². The zero-order chi connectivity index (χ0) is 25.0. The van der Waals surface area contributed by atoms with Crippen molar-refractivity contribution < 1.29 is 27.5 Å². The predicted octanol–water partition coefficient (Wildman–Crippen LogP) is 6.06. The number of carboxylic acids is 1. The average Bonchev–Trinajstić information content (AvgIpc) is 3.57. The Morgan fingerprint density at radius 2 is 1.80 bits per heavy atom. The van der Waals surface area contributed by atoms with Gasteiger partial charge < -0.3 is 19.7 Å². The summed E-state index contributed by atoms with van der Waals surface area (Å²) in [5, 5.41) is 12.3. The molecule has 6 nitrogen and oxygen atoms in total. The Morgan fingerprint density at radius 1 is 1.11 bits per heavy atom. The van der Waals surface area contributed by atoms with Crippen LogP contribution in [0, 0.1) is 5.41 Å². The Balaban J connectivity index is 1.59. The van der Waals surface area contributed by atoms with Crippen LogP contribution in [-0.2, 0) is 6.18 Å². The van der Waals surface area contributed by atoms with Gasteiger partial charge in [-0.1, -0.05) is 12.1 Å². The number of nitrogens with one attached hydrogen (secondary N) is 1. The minimum atomic E-state index is -4.67. The van der Waals surface area contributed by atoms with Crippen LogP contribution in [-0.4, -0.2) is 24.2 Å². The normalized spacial score (nSPS) is 18.0. The van der Waals surface area contributed by atoms with Gasteiger partial charge in [-0.3, -0.25) is 4.79 Å². The molecule has 2 aliphatic rings. The van der Waals surface area contributed by atoms with E-state index in [-0.39, 0.29) is 27.8 Å². The molecule has 0 radical (unpaired) electrons. The molecule has 1 saturated carbocycles. The standard InChI is InChI=1S/C26H25F3N2O4/c1-15(30-20-5-3-2-4-17(20)24(33)34)18-12-16(26(27,28)29)13-19-21(32)14-22(35-23(18)19)31-10-8-25(6-7-25)9-11-31/h2-5,12-15,30H,6-11H2,1H3,(H,33,34). The van der Waals surface area contributed by atoms with Crippen LogP contribution in [0.5, 0.6) is 0 Å². The van der Waals surface area contributed by atoms with E-state index in [1.165, 1.54) is 25.0 Å². The number of para-hydroxylation sites is 1. The first kappa shape index (κ1) is 23.3. The van der Waals surface area contributed by atoms with Gasteiger partial charge in [-0.15, -0.1) is 0 Å². The molecular formula is C26H25F3N2O4. The van der Waals surface area contributed by atoms with E-state index in [4.69, 9.17) is 4.42 Å². The van der Waals surface area contributed by atoms with E-state index >= 15 is 0 Å². The van der Waals surface area contributed by atoms with Crippen molar-refractivity contribution in [2.75, 3.05) is 23.3 Å². The number of rotatable bonds is 5. The Hall–Kier alpha value is -3.49. The van der Waals surface area contributed by atoms with Gasteiger partial charge in [0.2, 0.25) is 0 Å². The summed E-state index contributed by atoms with van der Waals surface area (Å²) in [7, 11) is 0. The summed E-state index contributed by atoms with van der Waals surface area (Å²) >= 11 is 0. The summed E-state index contributed by atoms with van der Waals surface area (Å²) in [5.41, 5.74) is -0.657. The minimum absolute atomic E-state index is 0.0138. The summed E-state index contributed by atoms with van der Waals surface area (Å²) in [4.78, 5) is 26.6. The van der Waals surface area contributed by atoms with E-state index in [9.17, 15) is 27.9 Å². The molecule has 2 N–H and O–H groups in total. The third kappa shape index (κ3) is 4.47. The van der Waals surface area contributed by atoms with Gasteiger partial charge in [0.25, 0.3) is 0 Å². The molecule has 3 aromatic rings. The van der Waals surface area contributed by atoms with Gasteiger partial charge in [-0.05, 0) is 62.3 Å². The highest BCUT2D eigenvalue weighted by Crippen LogP contribution is 2.54. The molecule has 1 aromatic heterocycles. The molecule has 5 rings (SSSR count). The number of alkyl halides is 3. The van der Waals surface area contributed by atoms with Gasteiger partial charge in [-0.2, -0.15) is 13.2 Å². The SMILES string of the molecule is CC(Nc1ccccc1C(=O)O)c1cc(C(F)(F)F)cc2c(=O)cc(N3CCC4(CC3)CC4)oc12. The van der Waals surface area contributed by atoms with Crippen LogP contribution in [0.15, 0.2) is 51.7 Å². The number of carboxylic acid groups (broad SMARTS) is 1. The lowest BCUT2D eigenvalue weighted by atomic mass is 9.94. The van der Waals surface area contributed by atoms with Crippen molar-refractivity contribution in [3.05, 3.63) is 69.4 Å². The van der Waals surface area contributed by atoms with Crippen LogP contribution in [0.25, 0.3) is 11.0 Å². The number of nitrogens with zero attached hydrogens (tertiary/aromatic N) is 1. The van der Waals surface area contributed by atoms with Crippen molar-refractivity contribution in [1.29, 1.82) is 0 Å². The van der Waals surface area contributed by atoms with E-state index in [0.717, 1.165) is 38.1 Å². The van der Waals surface area contributed by atoms with Gasteiger partial charge in [-0.25, -0.2) is 4.79 Å². The molecule has 2 aromatic carbocycles. The van der Waals surface area contributed by atoms with Crippen molar-refractivity contribution in [2.24, 2.45) is 5.41 Å². The lowest BCUT2D eigenvalue weighted by Crippen LogP contribution is -2.34. The fourth-order valence-electron chi connectivity index (χ4n) is 4.90. The van der Waals surface area contributed by atoms with Crippen LogP contribution in [0.3, 0.4) is 0 Å². The van der Waals surface area contributed by atoms with E-state index in [0.29, 0.717) is 11.3 Å². The molecular weight excluding hydrogens is 461 g/mol. The first-order valence-electron chi connectivity index (χ1n) is 11.6. The summed E-state index contributed by atoms with van der Waals surface area (Å²) in [6, 6.07) is 8.42. The summed E-state index contributed by atoms with van der Waals surface area (Å²) < 4.78 is 47.2. The number of aromatic carboxylic acids is 1. The number of carbonyl (C=O) groups is 1. The highest BCUT2D eigenvalue weighted by molar-refractivity contribution is 5.94. The molecule has 0 amide bonds. The second kappa shape index (κ2) is 8.32. The summed E-state index contributed by atoms with van der Waals surface area (Å²) in [6.07, 6.45) is -0.239. The first-order valence-corrected chi connectivity index (χ1v) is 11.6. The van der Waals surface area contributed by atoms with E-state index in [1.807, 2.05) is 4.90 Å². The average molecular weight is 486 g/mol. The number of anilines is 2. The van der Waals surface area contributed by atoms with Gasteiger partial charge in [0, 0.05) is 30.4 Å². The van der Waals surface area contributed by atoms with Crippen LogP contribution in [0.4, 0.5) is 24.7 Å². The molecule has 1 aliphatic carbocycles. The Morgan fingerprint density at radius 3 is 2.43 bits per heavy atom. The molecule has 2 fully saturated rings. The largest absolute Gasteiger partial charge is 0.478 e. The number of halogens is 3. The smallest absolute Gasteiger partial charge is 0.416 e. The Labute approximate surface area is 199 Å². The topological polar surface area (TPSA) is 82.8 Å². The maximum atomic E-state index is 13.7. The second-order valence-corrected chi connectivity index (χ2v) is 9.59. The molecule has 1 atom stereocenters. The third-order valence-electron chi connectivity index (χ3n) is 7.26. The van der Waals surface area contributed by atoms with Gasteiger partial charge >= 0.3 is 12.1 Å². The molecule has 1 aliphatic heterocycles. The van der Waals surface area contributed by atoms with Gasteiger partial charge in [0.15, 0.2) is 11.3 Å². The van der Waals surface area contributed by atoms with Crippen molar-refractivity contribution in [1.82, 2.24) is 0 Å². The molecule has 0 bridgehead atoms. The Kier molecular flexibility index (Phi) is 5.53. The van der Waals surface area contributed by atoms with Crippen LogP contribution >= 0.6 is 0 Å². The van der Waals surface area contributed by atoms with Crippen molar-refractivity contribution >= 4 is 28.5 Å². The number of benzene rings is 2. The maximum absolute atomic E-state index is 13.7. The quantitative estimate of drug-likeness (QED) is 0.456. The van der Waals surface area contributed by atoms with Crippen LogP contribution < -0.4 is 15.6 Å². The fourth-order valence-corrected chi connectivity index (χ4v) is 4.90. The fraction of sp³-hybridized carbons (Fsp3) is 0.385. The number of hydrogen-bond donors (Lipinski definition) is 2. The first-order chi connectivity index (χ1) is 16.6. The lowest BCUT2D eigenvalue weighted by molar-refractivity contribution is -0.137. The molecule has 1 spiro atoms. The highest BCUT2D eigenvalue weighted by Gasteiger charge is 2.44. The molecule has 1 unspecified atom stereocenters. The van der Waals surface area contributed by atoms with E-state index in [1.54, 1.807) is 25.1 Å². The van der Waals surface area contributed by atoms with E-state index in [2.05, 4.69) is 5.32 Å². The van der Waals surface area contributed by atoms with Crippen molar-refractivity contribution in [3.63, 3.8) is 0 Å². The second-order valence-electron chi connectivity index (χ2n) is 9.59. The molecule has 9 heteroatoms. The number of fused-ring (bicyclic) bond motifs is 1. The number of piperidine rings is 1. The monoisotopic (exact) mass is 486 g/mol. The van der Waals surface area contributed by atoms with Crippen LogP contribution in [0.2, 0.25) is 0 Å². The highest BCUT2D eigenvalue weighted by atomic mass is 19.4. The maximum Gasteiger partial charge on any atom is 0.416 e. The third-order valence-corrected chi connectivity index (χ3v) is 7.26. The van der Waals surface area contributed by atoms with E-state index < -0.39 is 29.2 Å². The molecule has 1 saturated heterocycles. The molecule has 184 valence electrons. The van der Waals surface area contributed by atoms with Crippen molar-refractivity contribution in [2.45, 2.75) is 44.8 Å². The van der Waals surface area contributed by atoms with Gasteiger partial charge in [0.05, 0.1) is 22.6 Å². The molecule has 2 heterocycles. The zero-order valence-electron chi connectivity index (χ0n) is 19.1. The molecule has 35 heavy (non-hydrogen) atoms. The zero-order valence-corrected chi connectivity index (χ0v) is 19.1. The minimum Gasteiger partial charge on any atom is -0.478 e. The Bertz CT molecular complexity index is 1350.